The molecule has 1 saturated carbocycles. The zero-order valence-electron chi connectivity index (χ0n) is 11.6. The maximum atomic E-state index is 3.69. The third kappa shape index (κ3) is 3.76. The normalized spacial score (nSPS) is 22.8. The Morgan fingerprint density at radius 1 is 1.22 bits per heavy atom. The van der Waals surface area contributed by atoms with Gasteiger partial charge in [-0.2, -0.15) is 11.8 Å². The van der Waals surface area contributed by atoms with Crippen LogP contribution in [0, 0.1) is 6.92 Å². The number of nitrogens with one attached hydrogen (secondary N) is 1. The Morgan fingerprint density at radius 3 is 2.72 bits per heavy atom. The molecule has 1 nitrogen and oxygen atoms in total. The number of unbranched alkanes of at least 4 members (excludes halogenated alkanes) is 1. The van der Waals surface area contributed by atoms with E-state index in [2.05, 4.69) is 42.8 Å². The number of benzene rings is 1. The Labute approximate surface area is 116 Å². The summed E-state index contributed by atoms with van der Waals surface area (Å²) in [6.45, 7) is 3.43. The summed E-state index contributed by atoms with van der Waals surface area (Å²) in [5.74, 6) is 2.10. The molecule has 1 fully saturated rings. The zero-order valence-corrected chi connectivity index (χ0v) is 12.4. The molecule has 18 heavy (non-hydrogen) atoms. The summed E-state index contributed by atoms with van der Waals surface area (Å²) in [4.78, 5) is 0. The molecule has 1 aliphatic rings. The lowest BCUT2D eigenvalue weighted by Gasteiger charge is -2.37. The van der Waals surface area contributed by atoms with Crippen LogP contribution in [0.25, 0.3) is 0 Å². The van der Waals surface area contributed by atoms with Crippen LogP contribution >= 0.6 is 11.8 Å². The summed E-state index contributed by atoms with van der Waals surface area (Å²) in [5.41, 5.74) is 3.03. The first kappa shape index (κ1) is 14.0. The molecule has 0 aromatic heterocycles. The van der Waals surface area contributed by atoms with Crippen LogP contribution < -0.4 is 5.32 Å². The molecule has 0 amide bonds. The van der Waals surface area contributed by atoms with E-state index in [1.807, 2.05) is 11.8 Å². The quantitative estimate of drug-likeness (QED) is 0.747. The second-order valence-electron chi connectivity index (χ2n) is 5.38. The summed E-state index contributed by atoms with van der Waals surface area (Å²) in [6, 6.07) is 9.61. The molecular formula is C16H25NS. The van der Waals surface area contributed by atoms with Gasteiger partial charge < -0.3 is 5.32 Å². The van der Waals surface area contributed by atoms with E-state index < -0.39 is 0 Å². The van der Waals surface area contributed by atoms with Gasteiger partial charge in [0.25, 0.3) is 0 Å². The van der Waals surface area contributed by atoms with Crippen LogP contribution in [0.3, 0.4) is 0 Å². The molecule has 0 heterocycles. The lowest BCUT2D eigenvalue weighted by Crippen LogP contribution is -2.40. The zero-order chi connectivity index (χ0) is 12.8. The maximum Gasteiger partial charge on any atom is 0.00787 e. The first-order chi connectivity index (χ1) is 8.81. The molecule has 0 radical (unpaired) electrons. The minimum atomic E-state index is 0.767. The predicted octanol–water partition coefficient (Wildman–Crippen LogP) is 3.97. The molecule has 2 rings (SSSR count). The highest BCUT2D eigenvalue weighted by molar-refractivity contribution is 7.98. The van der Waals surface area contributed by atoms with Crippen molar-refractivity contribution < 1.29 is 0 Å². The molecule has 0 bridgehead atoms. The van der Waals surface area contributed by atoms with Crippen LogP contribution in [0.5, 0.6) is 0 Å². The Bertz CT molecular complexity index is 358. The van der Waals surface area contributed by atoms with Crippen LogP contribution in [-0.4, -0.2) is 24.6 Å². The lowest BCUT2D eigenvalue weighted by atomic mass is 9.74. The van der Waals surface area contributed by atoms with E-state index in [1.165, 1.54) is 43.5 Å². The predicted molar refractivity (Wildman–Crippen MR) is 82.6 cm³/mol. The van der Waals surface area contributed by atoms with Crippen LogP contribution in [0.15, 0.2) is 24.3 Å². The van der Waals surface area contributed by atoms with Crippen molar-refractivity contribution >= 4 is 11.8 Å². The van der Waals surface area contributed by atoms with Gasteiger partial charge in [0.1, 0.15) is 0 Å². The molecule has 0 saturated heterocycles. The van der Waals surface area contributed by atoms with Crippen LogP contribution in [0.4, 0.5) is 0 Å². The van der Waals surface area contributed by atoms with E-state index in [1.54, 1.807) is 5.56 Å². The summed E-state index contributed by atoms with van der Waals surface area (Å²) in [5, 5.41) is 3.69. The standard InChI is InChI=1S/C16H25NS/c1-13-7-3-4-8-16(13)14-11-15(12-14)17-9-5-6-10-18-2/h3-4,7-8,14-15,17H,5-6,9-12H2,1-2H3. The topological polar surface area (TPSA) is 12.0 Å². The summed E-state index contributed by atoms with van der Waals surface area (Å²) >= 11 is 1.95. The fourth-order valence-corrected chi connectivity index (χ4v) is 3.25. The van der Waals surface area contributed by atoms with Crippen LogP contribution in [0.2, 0.25) is 0 Å². The van der Waals surface area contributed by atoms with Gasteiger partial charge >= 0.3 is 0 Å². The van der Waals surface area contributed by atoms with Gasteiger partial charge in [0.2, 0.25) is 0 Å². The third-order valence-corrected chi connectivity index (χ3v) is 4.67. The van der Waals surface area contributed by atoms with Gasteiger partial charge in [-0.15, -0.1) is 0 Å². The van der Waals surface area contributed by atoms with Gasteiger partial charge in [-0.25, -0.2) is 0 Å². The van der Waals surface area contributed by atoms with E-state index in [9.17, 15) is 0 Å². The van der Waals surface area contributed by atoms with Crippen molar-refractivity contribution in [3.8, 4) is 0 Å². The highest BCUT2D eigenvalue weighted by Gasteiger charge is 2.30. The van der Waals surface area contributed by atoms with Gasteiger partial charge in [-0.3, -0.25) is 0 Å². The second kappa shape index (κ2) is 7.20. The SMILES string of the molecule is CSCCCCNC1CC(c2ccccc2C)C1. The number of hydrogen-bond acceptors (Lipinski definition) is 2. The fourth-order valence-electron chi connectivity index (χ4n) is 2.76. The van der Waals surface area contributed by atoms with Gasteiger partial charge in [0, 0.05) is 6.04 Å². The minimum Gasteiger partial charge on any atom is -0.314 e. The van der Waals surface area contributed by atoms with Gasteiger partial charge in [0.05, 0.1) is 0 Å². The maximum absolute atomic E-state index is 3.69. The van der Waals surface area contributed by atoms with E-state index >= 15 is 0 Å². The fraction of sp³-hybridized carbons (Fsp3) is 0.625. The average molecular weight is 263 g/mol. The number of aryl methyl sites for hydroxylation is 1. The first-order valence-electron chi connectivity index (χ1n) is 7.09. The minimum absolute atomic E-state index is 0.767. The number of rotatable bonds is 7. The van der Waals surface area contributed by atoms with Crippen molar-refractivity contribution in [2.45, 2.75) is 44.6 Å². The van der Waals surface area contributed by atoms with Crippen LogP contribution in [0.1, 0.15) is 42.7 Å². The highest BCUT2D eigenvalue weighted by atomic mass is 32.2. The lowest BCUT2D eigenvalue weighted by molar-refractivity contribution is 0.290. The summed E-state index contributed by atoms with van der Waals surface area (Å²) in [6.07, 6.45) is 7.52. The molecule has 0 aliphatic heterocycles. The van der Waals surface area contributed by atoms with Crippen molar-refractivity contribution in [2.75, 3.05) is 18.6 Å². The van der Waals surface area contributed by atoms with E-state index in [0.29, 0.717) is 0 Å². The number of hydrogen-bond donors (Lipinski definition) is 1. The molecule has 0 unspecified atom stereocenters. The Hall–Kier alpha value is -0.470. The van der Waals surface area contributed by atoms with Gasteiger partial charge in [0.15, 0.2) is 0 Å². The summed E-state index contributed by atoms with van der Waals surface area (Å²) in [7, 11) is 0. The van der Waals surface area contributed by atoms with Crippen molar-refractivity contribution in [3.63, 3.8) is 0 Å². The molecule has 100 valence electrons. The van der Waals surface area contributed by atoms with Crippen molar-refractivity contribution in [1.82, 2.24) is 5.32 Å². The molecule has 0 atom stereocenters. The van der Waals surface area contributed by atoms with Crippen molar-refractivity contribution in [2.24, 2.45) is 0 Å². The van der Waals surface area contributed by atoms with E-state index in [0.717, 1.165) is 12.0 Å². The second-order valence-corrected chi connectivity index (χ2v) is 6.36. The average Bonchev–Trinajstić information content (AvgIpc) is 2.33. The van der Waals surface area contributed by atoms with Crippen molar-refractivity contribution in [3.05, 3.63) is 35.4 Å². The Morgan fingerprint density at radius 2 is 2.00 bits per heavy atom. The van der Waals surface area contributed by atoms with E-state index in [4.69, 9.17) is 0 Å². The van der Waals surface area contributed by atoms with Gasteiger partial charge in [-0.1, -0.05) is 24.3 Å². The molecule has 1 N–H and O–H groups in total. The highest BCUT2D eigenvalue weighted by Crippen LogP contribution is 2.38. The molecule has 1 aromatic rings. The smallest absolute Gasteiger partial charge is 0.00787 e. The molecule has 1 aliphatic carbocycles. The van der Waals surface area contributed by atoms with Gasteiger partial charge in [-0.05, 0) is 68.2 Å². The molecule has 1 aromatic carbocycles. The summed E-state index contributed by atoms with van der Waals surface area (Å²) < 4.78 is 0. The first-order valence-corrected chi connectivity index (χ1v) is 8.48. The monoisotopic (exact) mass is 263 g/mol. The largest absolute Gasteiger partial charge is 0.314 e. The number of thioether (sulfide) groups is 1. The van der Waals surface area contributed by atoms with Crippen LogP contribution in [-0.2, 0) is 0 Å². The third-order valence-electron chi connectivity index (χ3n) is 3.97. The van der Waals surface area contributed by atoms with E-state index in [-0.39, 0.29) is 0 Å². The Balaban J connectivity index is 1.64. The van der Waals surface area contributed by atoms with Crippen molar-refractivity contribution in [1.29, 1.82) is 0 Å². The molecule has 2 heteroatoms. The Kier molecular flexibility index (Phi) is 5.58. The molecule has 0 spiro atoms. The molecular weight excluding hydrogens is 238 g/mol.